The molecule has 1 aliphatic heterocycles. The number of aryl methyl sites for hydroxylation is 1. The minimum Gasteiger partial charge on any atom is -0.274 e. The lowest BCUT2D eigenvalue weighted by molar-refractivity contribution is -0.120. The first-order chi connectivity index (χ1) is 13.6. The Balaban J connectivity index is 1.62. The third-order valence-corrected chi connectivity index (χ3v) is 5.96. The van der Waals surface area contributed by atoms with Gasteiger partial charge in [0.1, 0.15) is 6.33 Å². The maximum atomic E-state index is 13.2. The molecule has 2 atom stereocenters. The Kier molecular flexibility index (Phi) is 4.20. The van der Waals surface area contributed by atoms with Crippen LogP contribution in [0.5, 0.6) is 0 Å². The number of aromatic nitrogens is 3. The van der Waals surface area contributed by atoms with Crippen LogP contribution in [-0.2, 0) is 4.79 Å². The van der Waals surface area contributed by atoms with Crippen LogP contribution in [0.25, 0.3) is 0 Å². The van der Waals surface area contributed by atoms with Crippen LogP contribution in [0.15, 0.2) is 54.9 Å². The molecule has 0 saturated heterocycles. The van der Waals surface area contributed by atoms with Crippen molar-refractivity contribution in [3.8, 4) is 0 Å². The molecule has 5 nitrogen and oxygen atoms in total. The van der Waals surface area contributed by atoms with E-state index in [9.17, 15) is 4.79 Å². The fourth-order valence-corrected chi connectivity index (χ4v) is 4.13. The monoisotopic (exact) mass is 392 g/mol. The van der Waals surface area contributed by atoms with E-state index in [-0.39, 0.29) is 23.9 Å². The molecule has 0 bridgehead atoms. The lowest BCUT2D eigenvalue weighted by atomic mass is 9.91. The Labute approximate surface area is 169 Å². The summed E-state index contributed by atoms with van der Waals surface area (Å²) in [5.41, 5.74) is 3.47. The Morgan fingerprint density at radius 3 is 2.32 bits per heavy atom. The molecule has 0 unspecified atom stereocenters. The van der Waals surface area contributed by atoms with Crippen molar-refractivity contribution in [2.75, 3.05) is 4.90 Å². The summed E-state index contributed by atoms with van der Waals surface area (Å²) in [6.45, 7) is 2.08. The Bertz CT molecular complexity index is 1010. The topological polar surface area (TPSA) is 51.0 Å². The normalized spacial score (nSPS) is 21.4. The molecule has 1 amide bonds. The molecule has 28 heavy (non-hydrogen) atoms. The number of nitrogens with zero attached hydrogens (tertiary/aromatic N) is 4. The average molecular weight is 393 g/mol. The standard InChI is InChI=1S/C22H21ClN4O/c1-14-2-4-16(5-3-14)20-12-19(15-8-10-18(23)11-9-15)26(21(28)17-6-7-17)22-24-13-25-27(20)22/h2-5,8-11,13,17,19-20H,6-7,12H2,1H3/t19-,20+/m1/s1. The third-order valence-electron chi connectivity index (χ3n) is 5.70. The van der Waals surface area contributed by atoms with E-state index in [4.69, 9.17) is 11.6 Å². The first-order valence-electron chi connectivity index (χ1n) is 9.66. The Morgan fingerprint density at radius 1 is 1.00 bits per heavy atom. The summed E-state index contributed by atoms with van der Waals surface area (Å²) in [6.07, 6.45) is 4.21. The van der Waals surface area contributed by atoms with Gasteiger partial charge < -0.3 is 0 Å². The first-order valence-corrected chi connectivity index (χ1v) is 10.0. The van der Waals surface area contributed by atoms with E-state index in [1.807, 2.05) is 33.8 Å². The highest BCUT2D eigenvalue weighted by Crippen LogP contribution is 2.44. The number of rotatable bonds is 3. The molecule has 1 aliphatic carbocycles. The van der Waals surface area contributed by atoms with Crippen molar-refractivity contribution in [3.63, 3.8) is 0 Å². The first kappa shape index (κ1) is 17.4. The summed E-state index contributed by atoms with van der Waals surface area (Å²) in [5, 5.41) is 5.17. The second kappa shape index (κ2) is 6.74. The van der Waals surface area contributed by atoms with Gasteiger partial charge in [0.15, 0.2) is 0 Å². The fraction of sp³-hybridized carbons (Fsp3) is 0.318. The summed E-state index contributed by atoms with van der Waals surface area (Å²) in [7, 11) is 0. The highest BCUT2D eigenvalue weighted by molar-refractivity contribution is 6.30. The lowest BCUT2D eigenvalue weighted by Crippen LogP contribution is -2.43. The average Bonchev–Trinajstić information content (AvgIpc) is 3.44. The zero-order chi connectivity index (χ0) is 19.3. The van der Waals surface area contributed by atoms with Crippen molar-refractivity contribution < 1.29 is 4.79 Å². The van der Waals surface area contributed by atoms with E-state index in [0.717, 1.165) is 24.8 Å². The minimum atomic E-state index is -0.0895. The number of benzene rings is 2. The predicted octanol–water partition coefficient (Wildman–Crippen LogP) is 4.72. The predicted molar refractivity (Wildman–Crippen MR) is 108 cm³/mol. The number of hydrogen-bond donors (Lipinski definition) is 0. The largest absolute Gasteiger partial charge is 0.274 e. The Hall–Kier alpha value is -2.66. The molecule has 2 aromatic carbocycles. The van der Waals surface area contributed by atoms with E-state index in [1.54, 1.807) is 6.33 Å². The fourth-order valence-electron chi connectivity index (χ4n) is 4.01. The minimum absolute atomic E-state index is 0.0297. The zero-order valence-electron chi connectivity index (χ0n) is 15.6. The van der Waals surface area contributed by atoms with Gasteiger partial charge in [-0.15, -0.1) is 0 Å². The highest BCUT2D eigenvalue weighted by atomic mass is 35.5. The van der Waals surface area contributed by atoms with Crippen LogP contribution in [0, 0.1) is 12.8 Å². The van der Waals surface area contributed by atoms with Crippen molar-refractivity contribution in [2.45, 2.75) is 38.3 Å². The number of halogens is 1. The molecule has 0 N–H and O–H groups in total. The number of hydrogen-bond acceptors (Lipinski definition) is 3. The van der Waals surface area contributed by atoms with E-state index in [2.05, 4.69) is 41.3 Å². The lowest BCUT2D eigenvalue weighted by Gasteiger charge is -2.39. The molecule has 1 saturated carbocycles. The molecule has 6 heteroatoms. The summed E-state index contributed by atoms with van der Waals surface area (Å²) in [4.78, 5) is 19.5. The van der Waals surface area contributed by atoms with Gasteiger partial charge in [-0.3, -0.25) is 9.69 Å². The van der Waals surface area contributed by atoms with Gasteiger partial charge in [-0.2, -0.15) is 10.1 Å². The molecule has 142 valence electrons. The summed E-state index contributed by atoms with van der Waals surface area (Å²) in [6, 6.07) is 16.3. The van der Waals surface area contributed by atoms with Crippen molar-refractivity contribution in [2.24, 2.45) is 5.92 Å². The van der Waals surface area contributed by atoms with Crippen molar-refractivity contribution in [1.82, 2.24) is 14.8 Å². The van der Waals surface area contributed by atoms with Gasteiger partial charge in [0, 0.05) is 10.9 Å². The van der Waals surface area contributed by atoms with Gasteiger partial charge in [0.25, 0.3) is 0 Å². The quantitative estimate of drug-likeness (QED) is 0.648. The number of carbonyl (C=O) groups is 1. The molecule has 3 aromatic rings. The van der Waals surface area contributed by atoms with E-state index in [0.29, 0.717) is 11.0 Å². The van der Waals surface area contributed by atoms with Crippen molar-refractivity contribution in [1.29, 1.82) is 0 Å². The van der Waals surface area contributed by atoms with Gasteiger partial charge >= 0.3 is 0 Å². The van der Waals surface area contributed by atoms with Crippen LogP contribution >= 0.6 is 11.6 Å². The van der Waals surface area contributed by atoms with Crippen molar-refractivity contribution in [3.05, 3.63) is 76.6 Å². The summed E-state index contributed by atoms with van der Waals surface area (Å²) in [5.74, 6) is 0.890. The van der Waals surface area contributed by atoms with Gasteiger partial charge in [0.2, 0.25) is 11.9 Å². The third kappa shape index (κ3) is 3.00. The second-order valence-electron chi connectivity index (χ2n) is 7.72. The number of amides is 1. The van der Waals surface area contributed by atoms with E-state index >= 15 is 0 Å². The van der Waals surface area contributed by atoms with E-state index < -0.39 is 0 Å². The molecular formula is C22H21ClN4O. The van der Waals surface area contributed by atoms with Gasteiger partial charge in [0.05, 0.1) is 12.1 Å². The van der Waals surface area contributed by atoms with Crippen LogP contribution in [0.2, 0.25) is 5.02 Å². The molecule has 0 spiro atoms. The van der Waals surface area contributed by atoms with Crippen LogP contribution in [-0.4, -0.2) is 20.7 Å². The molecule has 0 radical (unpaired) electrons. The SMILES string of the molecule is Cc1ccc([C@@H]2C[C@H](c3ccc(Cl)cc3)N(C(=O)C3CC3)c3ncnn32)cc1. The Morgan fingerprint density at radius 2 is 1.64 bits per heavy atom. The van der Waals surface area contributed by atoms with Gasteiger partial charge in [-0.1, -0.05) is 53.6 Å². The van der Waals surface area contributed by atoms with Gasteiger partial charge in [-0.05, 0) is 49.4 Å². The second-order valence-corrected chi connectivity index (χ2v) is 8.15. The molecule has 2 aliphatic rings. The van der Waals surface area contributed by atoms with Crippen LogP contribution in [0.3, 0.4) is 0 Å². The van der Waals surface area contributed by atoms with Gasteiger partial charge in [-0.25, -0.2) is 4.68 Å². The molecule has 1 aromatic heterocycles. The number of carbonyl (C=O) groups excluding carboxylic acids is 1. The zero-order valence-corrected chi connectivity index (χ0v) is 16.4. The molecule has 5 rings (SSSR count). The smallest absolute Gasteiger partial charge is 0.233 e. The highest BCUT2D eigenvalue weighted by Gasteiger charge is 2.44. The van der Waals surface area contributed by atoms with Crippen LogP contribution < -0.4 is 4.90 Å². The van der Waals surface area contributed by atoms with Crippen LogP contribution in [0.1, 0.15) is 48.0 Å². The maximum Gasteiger partial charge on any atom is 0.233 e. The summed E-state index contributed by atoms with van der Waals surface area (Å²) >= 11 is 6.11. The summed E-state index contributed by atoms with van der Waals surface area (Å²) < 4.78 is 1.90. The molecule has 2 heterocycles. The van der Waals surface area contributed by atoms with Crippen LogP contribution in [0.4, 0.5) is 5.95 Å². The number of anilines is 1. The maximum absolute atomic E-state index is 13.2. The van der Waals surface area contributed by atoms with Crippen molar-refractivity contribution >= 4 is 23.5 Å². The molecular weight excluding hydrogens is 372 g/mol. The number of fused-ring (bicyclic) bond motifs is 1. The van der Waals surface area contributed by atoms with E-state index in [1.165, 1.54) is 11.1 Å². The molecule has 1 fully saturated rings.